The van der Waals surface area contributed by atoms with E-state index in [1.54, 1.807) is 26.0 Å². The standard InChI is InChI=1S/C22H27ClN4O5S/c1-4-27(5-2)33(30,31)17-9-10-18(23)19(12-17)26-21(28)14(3)32-22(29)15-6-11-20(24-13-15)25-16-7-8-16/h6,9-14,16H,4-5,7-8H2,1-3H3,(H,24,25)(H,26,28). The summed E-state index contributed by atoms with van der Waals surface area (Å²) in [5.74, 6) is -0.677. The van der Waals surface area contributed by atoms with Crippen LogP contribution in [0.15, 0.2) is 41.4 Å². The maximum Gasteiger partial charge on any atom is 0.340 e. The lowest BCUT2D eigenvalue weighted by Crippen LogP contribution is -2.31. The maximum absolute atomic E-state index is 12.8. The van der Waals surface area contributed by atoms with E-state index in [2.05, 4.69) is 15.6 Å². The molecular weight excluding hydrogens is 468 g/mol. The Hall–Kier alpha value is -2.69. The first-order chi connectivity index (χ1) is 15.6. The fourth-order valence-corrected chi connectivity index (χ4v) is 4.68. The Balaban J connectivity index is 1.65. The molecular formula is C22H27ClN4O5S. The van der Waals surface area contributed by atoms with Gasteiger partial charge >= 0.3 is 5.97 Å². The number of amides is 1. The summed E-state index contributed by atoms with van der Waals surface area (Å²) < 4.78 is 32.0. The lowest BCUT2D eigenvalue weighted by atomic mass is 10.2. The first kappa shape index (κ1) is 24.9. The summed E-state index contributed by atoms with van der Waals surface area (Å²) in [6.07, 6.45) is 2.44. The van der Waals surface area contributed by atoms with Crippen molar-refractivity contribution in [3.8, 4) is 0 Å². The van der Waals surface area contributed by atoms with Crippen molar-refractivity contribution in [1.29, 1.82) is 0 Å². The molecule has 1 aromatic carbocycles. The Morgan fingerprint density at radius 1 is 1.21 bits per heavy atom. The zero-order valence-electron chi connectivity index (χ0n) is 18.7. The molecule has 2 N–H and O–H groups in total. The number of hydrogen-bond donors (Lipinski definition) is 2. The summed E-state index contributed by atoms with van der Waals surface area (Å²) >= 11 is 6.15. The Morgan fingerprint density at radius 3 is 2.48 bits per heavy atom. The van der Waals surface area contributed by atoms with Crippen LogP contribution in [-0.2, 0) is 19.6 Å². The van der Waals surface area contributed by atoms with Crippen LogP contribution in [-0.4, -0.2) is 54.8 Å². The maximum atomic E-state index is 12.8. The minimum absolute atomic E-state index is 0.00141. The van der Waals surface area contributed by atoms with Crippen molar-refractivity contribution < 1.29 is 22.7 Å². The lowest BCUT2D eigenvalue weighted by molar-refractivity contribution is -0.123. The summed E-state index contributed by atoms with van der Waals surface area (Å²) in [6, 6.07) is 7.76. The number of halogens is 1. The van der Waals surface area contributed by atoms with E-state index in [1.807, 2.05) is 0 Å². The van der Waals surface area contributed by atoms with E-state index in [4.69, 9.17) is 16.3 Å². The van der Waals surface area contributed by atoms with Gasteiger partial charge in [0, 0.05) is 25.3 Å². The second-order valence-corrected chi connectivity index (χ2v) is 9.96. The molecule has 1 amide bonds. The average Bonchev–Trinajstić information content (AvgIpc) is 3.60. The summed E-state index contributed by atoms with van der Waals surface area (Å²) in [7, 11) is -3.73. The highest BCUT2D eigenvalue weighted by molar-refractivity contribution is 7.89. The highest BCUT2D eigenvalue weighted by Crippen LogP contribution is 2.27. The number of esters is 1. The molecule has 9 nitrogen and oxygen atoms in total. The number of benzene rings is 1. The molecule has 0 spiro atoms. The molecule has 178 valence electrons. The normalized spacial score (nSPS) is 14.6. The van der Waals surface area contributed by atoms with Crippen molar-refractivity contribution in [2.45, 2.75) is 50.7 Å². The van der Waals surface area contributed by atoms with Crippen LogP contribution in [0.1, 0.15) is 44.0 Å². The van der Waals surface area contributed by atoms with Crippen LogP contribution in [0, 0.1) is 0 Å². The molecule has 3 rings (SSSR count). The average molecular weight is 495 g/mol. The number of nitrogens with zero attached hydrogens (tertiary/aromatic N) is 2. The third kappa shape index (κ3) is 6.21. The molecule has 0 aliphatic heterocycles. The molecule has 11 heteroatoms. The minimum Gasteiger partial charge on any atom is -0.449 e. The van der Waals surface area contributed by atoms with Crippen LogP contribution >= 0.6 is 11.6 Å². The molecule has 2 aromatic rings. The zero-order valence-corrected chi connectivity index (χ0v) is 20.2. The number of ether oxygens (including phenoxy) is 1. The van der Waals surface area contributed by atoms with Crippen LogP contribution in [0.5, 0.6) is 0 Å². The molecule has 1 saturated carbocycles. The van der Waals surface area contributed by atoms with E-state index in [-0.39, 0.29) is 21.2 Å². The number of hydrogen-bond acceptors (Lipinski definition) is 7. The lowest BCUT2D eigenvalue weighted by Gasteiger charge is -2.19. The quantitative estimate of drug-likeness (QED) is 0.485. The smallest absolute Gasteiger partial charge is 0.340 e. The molecule has 1 heterocycles. The first-order valence-electron chi connectivity index (χ1n) is 10.7. The van der Waals surface area contributed by atoms with Crippen LogP contribution < -0.4 is 10.6 Å². The Bertz CT molecular complexity index is 1120. The summed E-state index contributed by atoms with van der Waals surface area (Å²) in [4.78, 5) is 29.1. The van der Waals surface area contributed by atoms with Gasteiger partial charge in [-0.05, 0) is 50.1 Å². The molecule has 1 unspecified atom stereocenters. The Morgan fingerprint density at radius 2 is 1.91 bits per heavy atom. The summed E-state index contributed by atoms with van der Waals surface area (Å²) in [5, 5.41) is 5.91. The molecule has 1 aliphatic rings. The first-order valence-corrected chi connectivity index (χ1v) is 12.5. The number of nitrogens with one attached hydrogen (secondary N) is 2. The van der Waals surface area contributed by atoms with Crippen molar-refractivity contribution in [2.75, 3.05) is 23.7 Å². The summed E-state index contributed by atoms with van der Waals surface area (Å²) in [5.41, 5.74) is 0.316. The van der Waals surface area contributed by atoms with Crippen LogP contribution in [0.3, 0.4) is 0 Å². The molecule has 0 bridgehead atoms. The van der Waals surface area contributed by atoms with Gasteiger partial charge in [0.1, 0.15) is 5.82 Å². The van der Waals surface area contributed by atoms with E-state index in [0.29, 0.717) is 24.9 Å². The second kappa shape index (κ2) is 10.5. The van der Waals surface area contributed by atoms with Crippen LogP contribution in [0.2, 0.25) is 5.02 Å². The fourth-order valence-electron chi connectivity index (χ4n) is 3.03. The second-order valence-electron chi connectivity index (χ2n) is 7.62. The van der Waals surface area contributed by atoms with Crippen molar-refractivity contribution in [3.05, 3.63) is 47.1 Å². The van der Waals surface area contributed by atoms with Gasteiger partial charge in [-0.1, -0.05) is 25.4 Å². The van der Waals surface area contributed by atoms with Gasteiger partial charge in [0.05, 0.1) is 21.2 Å². The van der Waals surface area contributed by atoms with E-state index in [9.17, 15) is 18.0 Å². The molecule has 1 fully saturated rings. The number of pyridine rings is 1. The molecule has 0 saturated heterocycles. The van der Waals surface area contributed by atoms with E-state index in [0.717, 1.165) is 12.8 Å². The van der Waals surface area contributed by atoms with Gasteiger partial charge in [0.25, 0.3) is 5.91 Å². The fraction of sp³-hybridized carbons (Fsp3) is 0.409. The highest BCUT2D eigenvalue weighted by Gasteiger charge is 2.25. The number of aromatic nitrogens is 1. The number of rotatable bonds is 10. The van der Waals surface area contributed by atoms with E-state index >= 15 is 0 Å². The number of carbonyl (C=O) groups is 2. The van der Waals surface area contributed by atoms with Gasteiger partial charge < -0.3 is 15.4 Å². The number of carbonyl (C=O) groups excluding carboxylic acids is 2. The molecule has 1 aliphatic carbocycles. The topological polar surface area (TPSA) is 118 Å². The van der Waals surface area contributed by atoms with Crippen molar-refractivity contribution >= 4 is 45.0 Å². The van der Waals surface area contributed by atoms with E-state index in [1.165, 1.54) is 35.6 Å². The number of sulfonamides is 1. The van der Waals surface area contributed by atoms with Gasteiger partial charge in [-0.2, -0.15) is 4.31 Å². The minimum atomic E-state index is -3.73. The predicted molar refractivity (Wildman–Crippen MR) is 126 cm³/mol. The molecule has 1 aromatic heterocycles. The van der Waals surface area contributed by atoms with Gasteiger partial charge in [-0.25, -0.2) is 18.2 Å². The van der Waals surface area contributed by atoms with Gasteiger partial charge in [-0.15, -0.1) is 0 Å². The van der Waals surface area contributed by atoms with Crippen molar-refractivity contribution in [2.24, 2.45) is 0 Å². The molecule has 0 radical (unpaired) electrons. The van der Waals surface area contributed by atoms with Crippen LogP contribution in [0.25, 0.3) is 0 Å². The highest BCUT2D eigenvalue weighted by atomic mass is 35.5. The third-order valence-electron chi connectivity index (χ3n) is 5.12. The van der Waals surface area contributed by atoms with Gasteiger partial charge in [0.2, 0.25) is 10.0 Å². The van der Waals surface area contributed by atoms with Crippen LogP contribution in [0.4, 0.5) is 11.5 Å². The van der Waals surface area contributed by atoms with Gasteiger partial charge in [0.15, 0.2) is 6.10 Å². The Kier molecular flexibility index (Phi) is 7.93. The predicted octanol–water partition coefficient (Wildman–Crippen LogP) is 3.52. The largest absolute Gasteiger partial charge is 0.449 e. The zero-order chi connectivity index (χ0) is 24.2. The van der Waals surface area contributed by atoms with Crippen molar-refractivity contribution in [1.82, 2.24) is 9.29 Å². The SMILES string of the molecule is CCN(CC)S(=O)(=O)c1ccc(Cl)c(NC(=O)C(C)OC(=O)c2ccc(NC3CC3)nc2)c1. The van der Waals surface area contributed by atoms with Crippen molar-refractivity contribution in [3.63, 3.8) is 0 Å². The monoisotopic (exact) mass is 494 g/mol. The molecule has 33 heavy (non-hydrogen) atoms. The van der Waals surface area contributed by atoms with E-state index < -0.39 is 28.0 Å². The molecule has 1 atom stereocenters. The third-order valence-corrected chi connectivity index (χ3v) is 7.50. The van der Waals surface area contributed by atoms with Gasteiger partial charge in [-0.3, -0.25) is 4.79 Å². The number of anilines is 2. The summed E-state index contributed by atoms with van der Waals surface area (Å²) in [6.45, 7) is 5.50. The Labute approximate surface area is 198 Å².